The van der Waals surface area contributed by atoms with Crippen LogP contribution in [0.1, 0.15) is 12.8 Å². The molecule has 2 aliphatic heterocycles. The number of hydrogen-bond donors (Lipinski definition) is 0. The minimum Gasteiger partial charge on any atom is -0.356 e. The number of anilines is 1. The fourth-order valence-electron chi connectivity index (χ4n) is 3.90. The van der Waals surface area contributed by atoms with Crippen LogP contribution < -0.4 is 4.90 Å². The van der Waals surface area contributed by atoms with Crippen LogP contribution in [0, 0.1) is 5.92 Å². The summed E-state index contributed by atoms with van der Waals surface area (Å²) in [6.07, 6.45) is 7.04. The molecular formula is C18H27N7O2S. The lowest BCUT2D eigenvalue weighted by Gasteiger charge is -2.34. The van der Waals surface area contributed by atoms with Gasteiger partial charge in [-0.3, -0.25) is 4.68 Å². The molecule has 2 aromatic heterocycles. The maximum Gasteiger partial charge on any atom is 0.244 e. The summed E-state index contributed by atoms with van der Waals surface area (Å²) in [6, 6.07) is 3.53. The van der Waals surface area contributed by atoms with Gasteiger partial charge in [-0.2, -0.15) is 9.40 Å². The van der Waals surface area contributed by atoms with E-state index in [2.05, 4.69) is 24.9 Å². The SMILES string of the molecule is CN1CCN(S(=O)(=O)c2ccc(N3CCCC(Cn4cncn4)C3)nc2)CC1. The largest absolute Gasteiger partial charge is 0.356 e. The number of likely N-dealkylation sites (N-methyl/N-ethyl adjacent to an activating group) is 1. The van der Waals surface area contributed by atoms with Gasteiger partial charge < -0.3 is 9.80 Å². The molecule has 28 heavy (non-hydrogen) atoms. The van der Waals surface area contributed by atoms with Gasteiger partial charge in [0, 0.05) is 52.0 Å². The molecule has 2 aliphatic rings. The fourth-order valence-corrected chi connectivity index (χ4v) is 5.27. The Morgan fingerprint density at radius 1 is 1.14 bits per heavy atom. The molecule has 2 fully saturated rings. The molecule has 0 N–H and O–H groups in total. The van der Waals surface area contributed by atoms with E-state index in [4.69, 9.17) is 0 Å². The molecule has 9 nitrogen and oxygen atoms in total. The van der Waals surface area contributed by atoms with E-state index >= 15 is 0 Å². The van der Waals surface area contributed by atoms with Gasteiger partial charge in [-0.1, -0.05) is 0 Å². The molecule has 2 aromatic rings. The molecule has 0 saturated carbocycles. The van der Waals surface area contributed by atoms with Crippen LogP contribution in [-0.4, -0.2) is 83.7 Å². The third kappa shape index (κ3) is 4.18. The van der Waals surface area contributed by atoms with Crippen molar-refractivity contribution in [2.24, 2.45) is 5.92 Å². The van der Waals surface area contributed by atoms with Gasteiger partial charge in [0.15, 0.2) is 0 Å². The maximum atomic E-state index is 12.8. The monoisotopic (exact) mass is 405 g/mol. The highest BCUT2D eigenvalue weighted by molar-refractivity contribution is 7.89. The van der Waals surface area contributed by atoms with E-state index in [0.29, 0.717) is 19.0 Å². The van der Waals surface area contributed by atoms with Crippen LogP contribution in [0.2, 0.25) is 0 Å². The topological polar surface area (TPSA) is 87.5 Å². The molecule has 0 bridgehead atoms. The van der Waals surface area contributed by atoms with Crippen LogP contribution in [0.15, 0.2) is 35.9 Å². The van der Waals surface area contributed by atoms with Gasteiger partial charge in [0.2, 0.25) is 10.0 Å². The van der Waals surface area contributed by atoms with E-state index in [0.717, 1.165) is 51.4 Å². The third-order valence-electron chi connectivity index (χ3n) is 5.58. The molecule has 152 valence electrons. The first-order valence-electron chi connectivity index (χ1n) is 9.74. The molecule has 1 unspecified atom stereocenters. The summed E-state index contributed by atoms with van der Waals surface area (Å²) >= 11 is 0. The van der Waals surface area contributed by atoms with Crippen molar-refractivity contribution in [3.05, 3.63) is 31.0 Å². The Morgan fingerprint density at radius 3 is 2.64 bits per heavy atom. The van der Waals surface area contributed by atoms with Gasteiger partial charge >= 0.3 is 0 Å². The number of hydrogen-bond acceptors (Lipinski definition) is 7. The third-order valence-corrected chi connectivity index (χ3v) is 7.46. The van der Waals surface area contributed by atoms with Crippen LogP contribution in [0.3, 0.4) is 0 Å². The van der Waals surface area contributed by atoms with Gasteiger partial charge in [0.05, 0.1) is 0 Å². The summed E-state index contributed by atoms with van der Waals surface area (Å²) in [7, 11) is -1.46. The van der Waals surface area contributed by atoms with Crippen LogP contribution >= 0.6 is 0 Å². The highest BCUT2D eigenvalue weighted by Gasteiger charge is 2.28. The van der Waals surface area contributed by atoms with Crippen LogP contribution in [0.5, 0.6) is 0 Å². The predicted molar refractivity (Wildman–Crippen MR) is 105 cm³/mol. The number of piperidine rings is 1. The summed E-state index contributed by atoms with van der Waals surface area (Å²) < 4.78 is 29.1. The number of sulfonamides is 1. The molecule has 10 heteroatoms. The first-order chi connectivity index (χ1) is 13.5. The predicted octanol–water partition coefficient (Wildman–Crippen LogP) is 0.526. The standard InChI is InChI=1S/C18H27N7O2S/c1-22-7-9-25(10-8-22)28(26,27)17-4-5-18(20-11-17)23-6-2-3-16(12-23)13-24-15-19-14-21-24/h4-5,11,14-16H,2-3,6-10,12-13H2,1H3. The minimum absolute atomic E-state index is 0.275. The Balaban J connectivity index is 1.42. The van der Waals surface area contributed by atoms with Gasteiger partial charge in [0.25, 0.3) is 0 Å². The summed E-state index contributed by atoms with van der Waals surface area (Å²) in [4.78, 5) is 13.1. The highest BCUT2D eigenvalue weighted by Crippen LogP contribution is 2.24. The second-order valence-corrected chi connectivity index (χ2v) is 9.57. The number of nitrogens with zero attached hydrogens (tertiary/aromatic N) is 7. The number of rotatable bonds is 5. The Labute approximate surface area is 166 Å². The second kappa shape index (κ2) is 8.14. The van der Waals surface area contributed by atoms with E-state index in [1.54, 1.807) is 23.0 Å². The quantitative estimate of drug-likeness (QED) is 0.717. The van der Waals surface area contributed by atoms with E-state index < -0.39 is 10.0 Å². The van der Waals surface area contributed by atoms with Crippen LogP contribution in [0.4, 0.5) is 5.82 Å². The zero-order valence-electron chi connectivity index (χ0n) is 16.2. The maximum absolute atomic E-state index is 12.8. The summed E-state index contributed by atoms with van der Waals surface area (Å²) in [5, 5.41) is 4.19. The van der Waals surface area contributed by atoms with E-state index in [-0.39, 0.29) is 4.90 Å². The van der Waals surface area contributed by atoms with Crippen molar-refractivity contribution in [2.45, 2.75) is 24.3 Å². The molecule has 0 aromatic carbocycles. The normalized spacial score (nSPS) is 22.5. The zero-order valence-corrected chi connectivity index (χ0v) is 17.0. The fraction of sp³-hybridized carbons (Fsp3) is 0.611. The Bertz CT molecular complexity index is 862. The van der Waals surface area contributed by atoms with Crippen molar-refractivity contribution in [1.82, 2.24) is 29.0 Å². The van der Waals surface area contributed by atoms with Crippen molar-refractivity contribution in [1.29, 1.82) is 0 Å². The summed E-state index contributed by atoms with van der Waals surface area (Å²) in [5.74, 6) is 1.31. The lowest BCUT2D eigenvalue weighted by molar-refractivity contribution is 0.222. The molecule has 4 heterocycles. The van der Waals surface area contributed by atoms with Crippen LogP contribution in [0.25, 0.3) is 0 Å². The number of aromatic nitrogens is 4. The molecule has 4 rings (SSSR count). The Morgan fingerprint density at radius 2 is 1.96 bits per heavy atom. The second-order valence-electron chi connectivity index (χ2n) is 7.63. The van der Waals surface area contributed by atoms with Crippen LogP contribution in [-0.2, 0) is 16.6 Å². The molecule has 0 amide bonds. The zero-order chi connectivity index (χ0) is 19.6. The smallest absolute Gasteiger partial charge is 0.244 e. The van der Waals surface area contributed by atoms with Gasteiger partial charge in [-0.25, -0.2) is 18.4 Å². The van der Waals surface area contributed by atoms with Gasteiger partial charge in [-0.05, 0) is 37.9 Å². The Kier molecular flexibility index (Phi) is 5.61. The molecule has 2 saturated heterocycles. The molecule has 0 spiro atoms. The summed E-state index contributed by atoms with van der Waals surface area (Å²) in [5.41, 5.74) is 0. The number of piperazine rings is 1. The van der Waals surface area contributed by atoms with E-state index in [1.165, 1.54) is 6.20 Å². The lowest BCUT2D eigenvalue weighted by Crippen LogP contribution is -2.47. The van der Waals surface area contributed by atoms with Crippen molar-refractivity contribution in [2.75, 3.05) is 51.2 Å². The first-order valence-corrected chi connectivity index (χ1v) is 11.2. The van der Waals surface area contributed by atoms with Gasteiger partial charge in [-0.15, -0.1) is 0 Å². The van der Waals surface area contributed by atoms with Gasteiger partial charge in [0.1, 0.15) is 23.4 Å². The van der Waals surface area contributed by atoms with E-state index in [9.17, 15) is 8.42 Å². The average Bonchev–Trinajstić information content (AvgIpc) is 3.22. The van der Waals surface area contributed by atoms with Crippen molar-refractivity contribution >= 4 is 15.8 Å². The Hall–Kier alpha value is -2.04. The first kappa shape index (κ1) is 19.3. The summed E-state index contributed by atoms with van der Waals surface area (Å²) in [6.45, 7) is 5.22. The highest BCUT2D eigenvalue weighted by atomic mass is 32.2. The lowest BCUT2D eigenvalue weighted by atomic mass is 9.98. The molecule has 0 aliphatic carbocycles. The molecule has 1 atom stereocenters. The molecular weight excluding hydrogens is 378 g/mol. The van der Waals surface area contributed by atoms with Crippen molar-refractivity contribution in [3.63, 3.8) is 0 Å². The van der Waals surface area contributed by atoms with Crippen molar-refractivity contribution in [3.8, 4) is 0 Å². The average molecular weight is 406 g/mol. The van der Waals surface area contributed by atoms with Crippen molar-refractivity contribution < 1.29 is 8.42 Å². The van der Waals surface area contributed by atoms with E-state index in [1.807, 2.05) is 17.8 Å². The minimum atomic E-state index is -3.47. The molecule has 0 radical (unpaired) electrons. The number of pyridine rings is 1.